The highest BCUT2D eigenvalue weighted by Gasteiger charge is 2.21. The quantitative estimate of drug-likeness (QED) is 0.556. The summed E-state index contributed by atoms with van der Waals surface area (Å²) in [5, 5.41) is 38.7. The third-order valence-electron chi connectivity index (χ3n) is 3.13. The van der Waals surface area contributed by atoms with Crippen LogP contribution in [0.2, 0.25) is 0 Å². The molecule has 0 fully saturated rings. The fourth-order valence-corrected chi connectivity index (χ4v) is 3.05. The van der Waals surface area contributed by atoms with E-state index in [1.54, 1.807) is 7.11 Å². The molecule has 8 heteroatoms. The fraction of sp³-hybridized carbons (Fsp3) is 0.188. The van der Waals surface area contributed by atoms with E-state index in [-0.39, 0.29) is 34.0 Å². The van der Waals surface area contributed by atoms with Gasteiger partial charge in [0, 0.05) is 24.5 Å². The second kappa shape index (κ2) is 7.55. The molecule has 1 aromatic carbocycles. The number of hydrogen-bond acceptors (Lipinski definition) is 8. The van der Waals surface area contributed by atoms with Gasteiger partial charge in [0.25, 0.3) is 0 Å². The van der Waals surface area contributed by atoms with Crippen LogP contribution in [0, 0.1) is 22.7 Å². The number of rotatable bonds is 5. The zero-order chi connectivity index (χ0) is 17.7. The largest absolute Gasteiger partial charge is 0.508 e. The number of nitrogen functional groups attached to an aromatic ring is 1. The maximum absolute atomic E-state index is 9.70. The lowest BCUT2D eigenvalue weighted by Crippen LogP contribution is -2.04. The number of methoxy groups -OCH3 is 1. The van der Waals surface area contributed by atoms with Crippen molar-refractivity contribution >= 4 is 17.6 Å². The monoisotopic (exact) mass is 342 g/mol. The lowest BCUT2D eigenvalue weighted by molar-refractivity contribution is 0.218. The van der Waals surface area contributed by atoms with Gasteiger partial charge < -0.3 is 20.7 Å². The number of thioether (sulfide) groups is 1. The van der Waals surface area contributed by atoms with Gasteiger partial charge in [0.05, 0.1) is 12.2 Å². The third-order valence-corrected chi connectivity index (χ3v) is 4.07. The molecule has 1 aromatic heterocycles. The number of phenols is 2. The first kappa shape index (κ1) is 17.4. The Bertz CT molecular complexity index is 836. The molecule has 7 nitrogen and oxygen atoms in total. The van der Waals surface area contributed by atoms with Gasteiger partial charge in [-0.15, -0.1) is 11.8 Å². The Morgan fingerprint density at radius 1 is 1.17 bits per heavy atom. The van der Waals surface area contributed by atoms with E-state index in [4.69, 9.17) is 10.5 Å². The third kappa shape index (κ3) is 3.51. The van der Waals surface area contributed by atoms with Crippen molar-refractivity contribution in [2.45, 2.75) is 5.03 Å². The van der Waals surface area contributed by atoms with Crippen molar-refractivity contribution in [3.05, 3.63) is 29.3 Å². The van der Waals surface area contributed by atoms with Crippen LogP contribution in [-0.4, -0.2) is 34.7 Å². The minimum absolute atomic E-state index is 0.0192. The highest BCUT2D eigenvalue weighted by Crippen LogP contribution is 2.38. The van der Waals surface area contributed by atoms with Crippen LogP contribution in [-0.2, 0) is 4.74 Å². The van der Waals surface area contributed by atoms with Crippen LogP contribution < -0.4 is 5.73 Å². The Balaban J connectivity index is 2.72. The van der Waals surface area contributed by atoms with Crippen molar-refractivity contribution in [1.82, 2.24) is 4.98 Å². The van der Waals surface area contributed by atoms with Gasteiger partial charge in [0.1, 0.15) is 40.0 Å². The highest BCUT2D eigenvalue weighted by molar-refractivity contribution is 7.99. The predicted octanol–water partition coefficient (Wildman–Crippen LogP) is 2.22. The number of aromatic hydroxyl groups is 2. The van der Waals surface area contributed by atoms with Gasteiger partial charge in [-0.25, -0.2) is 4.98 Å². The van der Waals surface area contributed by atoms with Crippen molar-refractivity contribution in [2.75, 3.05) is 25.2 Å². The molecular weight excluding hydrogens is 328 g/mol. The molecule has 0 atom stereocenters. The van der Waals surface area contributed by atoms with Gasteiger partial charge in [0.15, 0.2) is 0 Å². The average Bonchev–Trinajstić information content (AvgIpc) is 2.53. The normalized spacial score (nSPS) is 10.1. The summed E-state index contributed by atoms with van der Waals surface area (Å²) in [4.78, 5) is 4.13. The summed E-state index contributed by atoms with van der Waals surface area (Å²) in [6, 6.07) is 7.82. The van der Waals surface area contributed by atoms with E-state index in [9.17, 15) is 20.7 Å². The molecule has 0 radical (unpaired) electrons. The summed E-state index contributed by atoms with van der Waals surface area (Å²) in [6.45, 7) is 0.458. The summed E-state index contributed by atoms with van der Waals surface area (Å²) < 4.78 is 4.98. The smallest absolute Gasteiger partial charge is 0.143 e. The van der Waals surface area contributed by atoms with E-state index in [1.165, 1.54) is 23.9 Å². The van der Waals surface area contributed by atoms with Gasteiger partial charge in [-0.05, 0) is 17.7 Å². The zero-order valence-corrected chi connectivity index (χ0v) is 13.6. The Labute approximate surface area is 142 Å². The van der Waals surface area contributed by atoms with E-state index < -0.39 is 0 Å². The number of aromatic nitrogens is 1. The van der Waals surface area contributed by atoms with Gasteiger partial charge >= 0.3 is 0 Å². The molecule has 0 bridgehead atoms. The van der Waals surface area contributed by atoms with Gasteiger partial charge in [-0.1, -0.05) is 0 Å². The molecule has 122 valence electrons. The van der Waals surface area contributed by atoms with E-state index in [0.29, 0.717) is 22.9 Å². The second-order valence-electron chi connectivity index (χ2n) is 4.73. The van der Waals surface area contributed by atoms with Crippen molar-refractivity contribution in [1.29, 1.82) is 10.5 Å². The number of nitriles is 2. The Morgan fingerprint density at radius 2 is 1.79 bits per heavy atom. The summed E-state index contributed by atoms with van der Waals surface area (Å²) >= 11 is 1.27. The van der Waals surface area contributed by atoms with Gasteiger partial charge in [-0.3, -0.25) is 0 Å². The van der Waals surface area contributed by atoms with Crippen LogP contribution in [0.25, 0.3) is 11.1 Å². The Hall–Kier alpha value is -2.94. The van der Waals surface area contributed by atoms with Crippen LogP contribution in [0.15, 0.2) is 23.2 Å². The van der Waals surface area contributed by atoms with Crippen molar-refractivity contribution in [3.8, 4) is 34.8 Å². The summed E-state index contributed by atoms with van der Waals surface area (Å²) in [5.74, 6) is 0.145. The molecule has 1 heterocycles. The highest BCUT2D eigenvalue weighted by atomic mass is 32.2. The first-order chi connectivity index (χ1) is 11.5. The standard InChI is InChI=1S/C16H14N4O3S/c1-23-2-3-24-16-13(8-18)14(12(7-17)15(19)20-16)9-4-10(21)6-11(22)5-9/h4-6,21-22H,2-3H2,1H3,(H2,19,20). The fourth-order valence-electron chi connectivity index (χ4n) is 2.15. The van der Waals surface area contributed by atoms with Crippen LogP contribution in [0.4, 0.5) is 5.82 Å². The molecule has 0 spiro atoms. The van der Waals surface area contributed by atoms with E-state index in [0.717, 1.165) is 6.07 Å². The second-order valence-corrected chi connectivity index (χ2v) is 5.81. The summed E-state index contributed by atoms with van der Waals surface area (Å²) in [5.41, 5.74) is 6.58. The molecule has 0 saturated carbocycles. The number of pyridine rings is 1. The maximum atomic E-state index is 9.70. The number of nitrogens with two attached hydrogens (primary N) is 1. The van der Waals surface area contributed by atoms with Crippen LogP contribution >= 0.6 is 11.8 Å². The first-order valence-corrected chi connectivity index (χ1v) is 7.79. The topological polar surface area (TPSA) is 136 Å². The van der Waals surface area contributed by atoms with Gasteiger partial charge in [-0.2, -0.15) is 10.5 Å². The summed E-state index contributed by atoms with van der Waals surface area (Å²) in [7, 11) is 1.56. The van der Waals surface area contributed by atoms with Crippen molar-refractivity contribution in [2.24, 2.45) is 0 Å². The van der Waals surface area contributed by atoms with E-state index in [1.807, 2.05) is 12.1 Å². The molecule has 0 amide bonds. The molecule has 0 aliphatic heterocycles. The lowest BCUT2D eigenvalue weighted by Gasteiger charge is -2.13. The maximum Gasteiger partial charge on any atom is 0.143 e. The minimum atomic E-state index is -0.193. The number of nitrogens with zero attached hydrogens (tertiary/aromatic N) is 3. The van der Waals surface area contributed by atoms with Crippen molar-refractivity contribution in [3.63, 3.8) is 0 Å². The average molecular weight is 342 g/mol. The molecule has 2 aromatic rings. The van der Waals surface area contributed by atoms with Crippen LogP contribution in [0.3, 0.4) is 0 Å². The Kier molecular flexibility index (Phi) is 5.48. The first-order valence-electron chi connectivity index (χ1n) is 6.80. The molecule has 0 aliphatic carbocycles. The molecule has 24 heavy (non-hydrogen) atoms. The zero-order valence-electron chi connectivity index (χ0n) is 12.8. The molecular formula is C16H14N4O3S. The van der Waals surface area contributed by atoms with Crippen molar-refractivity contribution < 1.29 is 14.9 Å². The minimum Gasteiger partial charge on any atom is -0.508 e. The Morgan fingerprint density at radius 3 is 2.33 bits per heavy atom. The van der Waals surface area contributed by atoms with Crippen LogP contribution in [0.5, 0.6) is 11.5 Å². The molecule has 0 aliphatic rings. The number of anilines is 1. The van der Waals surface area contributed by atoms with E-state index >= 15 is 0 Å². The molecule has 0 saturated heterocycles. The lowest BCUT2D eigenvalue weighted by atomic mass is 9.96. The van der Waals surface area contributed by atoms with Crippen LogP contribution in [0.1, 0.15) is 11.1 Å². The SMILES string of the molecule is COCCSc1nc(N)c(C#N)c(-c2cc(O)cc(O)c2)c1C#N. The molecule has 0 unspecified atom stereocenters. The number of phenolic OH excluding ortho intramolecular Hbond substituents is 2. The predicted molar refractivity (Wildman–Crippen MR) is 89.4 cm³/mol. The summed E-state index contributed by atoms with van der Waals surface area (Å²) in [6.07, 6.45) is 0. The molecule has 4 N–H and O–H groups in total. The van der Waals surface area contributed by atoms with Gasteiger partial charge in [0.2, 0.25) is 0 Å². The molecule has 2 rings (SSSR count). The number of ether oxygens (including phenoxy) is 1. The van der Waals surface area contributed by atoms with E-state index in [2.05, 4.69) is 4.98 Å². The number of benzene rings is 1. The number of hydrogen-bond donors (Lipinski definition) is 3.